The Kier molecular flexibility index (Phi) is 4.98. The largest absolute Gasteiger partial charge is 0.450 e. The molecule has 2 aromatic rings. The highest BCUT2D eigenvalue weighted by Gasteiger charge is 2.08. The number of nitriles is 1. The molecule has 7 heteroatoms. The van der Waals surface area contributed by atoms with Crippen molar-refractivity contribution >= 4 is 17.5 Å². The second-order valence-corrected chi connectivity index (χ2v) is 4.52. The molecule has 0 radical (unpaired) electrons. The summed E-state index contributed by atoms with van der Waals surface area (Å²) in [6, 6.07) is 9.11. The van der Waals surface area contributed by atoms with Crippen molar-refractivity contribution in [1.82, 2.24) is 9.78 Å². The third kappa shape index (κ3) is 3.76. The molecule has 0 unspecified atom stereocenters. The highest BCUT2D eigenvalue weighted by molar-refractivity contribution is 5.87. The fourth-order valence-corrected chi connectivity index (χ4v) is 1.90. The number of anilines is 2. The van der Waals surface area contributed by atoms with Crippen LogP contribution in [-0.2, 0) is 18.3 Å². The van der Waals surface area contributed by atoms with Crippen LogP contribution >= 0.6 is 0 Å². The maximum atomic E-state index is 11.4. The Hall–Kier alpha value is -3.01. The molecule has 0 aliphatic heterocycles. The van der Waals surface area contributed by atoms with E-state index < -0.39 is 6.09 Å². The molecule has 0 aliphatic rings. The van der Waals surface area contributed by atoms with E-state index in [9.17, 15) is 10.1 Å². The Labute approximate surface area is 128 Å². The van der Waals surface area contributed by atoms with E-state index >= 15 is 0 Å². The van der Waals surface area contributed by atoms with Gasteiger partial charge in [0.1, 0.15) is 6.07 Å². The van der Waals surface area contributed by atoms with Gasteiger partial charge in [0.05, 0.1) is 30.1 Å². The van der Waals surface area contributed by atoms with Crippen molar-refractivity contribution in [1.29, 1.82) is 5.26 Å². The molecule has 0 aliphatic carbocycles. The molecule has 114 valence electrons. The van der Waals surface area contributed by atoms with Crippen LogP contribution in [0.5, 0.6) is 0 Å². The van der Waals surface area contributed by atoms with Crippen molar-refractivity contribution < 1.29 is 9.53 Å². The first-order chi connectivity index (χ1) is 10.6. The SMILES string of the molecule is CCOC(=O)Nc1ccc(NCc2ccnn2C)cc1C#N. The molecule has 0 bridgehead atoms. The average Bonchev–Trinajstić information content (AvgIpc) is 2.91. The summed E-state index contributed by atoms with van der Waals surface area (Å²) >= 11 is 0. The molecule has 1 amide bonds. The Morgan fingerprint density at radius 1 is 1.45 bits per heavy atom. The Balaban J connectivity index is 2.07. The molecule has 0 saturated carbocycles. The molecular weight excluding hydrogens is 282 g/mol. The predicted octanol–water partition coefficient (Wildman–Crippen LogP) is 2.47. The number of nitrogens with zero attached hydrogens (tertiary/aromatic N) is 3. The minimum absolute atomic E-state index is 0.276. The zero-order valence-corrected chi connectivity index (χ0v) is 12.5. The molecular formula is C15H17N5O2. The lowest BCUT2D eigenvalue weighted by atomic mass is 10.1. The monoisotopic (exact) mass is 299 g/mol. The van der Waals surface area contributed by atoms with Gasteiger partial charge in [-0.25, -0.2) is 4.79 Å². The number of amides is 1. The topological polar surface area (TPSA) is 92.0 Å². The van der Waals surface area contributed by atoms with E-state index in [1.807, 2.05) is 13.1 Å². The van der Waals surface area contributed by atoms with Crippen molar-refractivity contribution in [2.45, 2.75) is 13.5 Å². The Bertz CT molecular complexity index is 702. The standard InChI is InChI=1S/C15H17N5O2/c1-3-22-15(21)19-14-5-4-12(8-11(14)9-16)17-10-13-6-7-18-20(13)2/h4-8,17H,3,10H2,1-2H3,(H,19,21). The number of hydrogen-bond donors (Lipinski definition) is 2. The van der Waals surface area contributed by atoms with E-state index in [2.05, 4.69) is 21.8 Å². The fourth-order valence-electron chi connectivity index (χ4n) is 1.90. The average molecular weight is 299 g/mol. The maximum Gasteiger partial charge on any atom is 0.411 e. The van der Waals surface area contributed by atoms with Crippen molar-refractivity contribution in [3.05, 3.63) is 41.7 Å². The van der Waals surface area contributed by atoms with Crippen LogP contribution in [0.25, 0.3) is 0 Å². The number of benzene rings is 1. The molecule has 1 aromatic carbocycles. The Morgan fingerprint density at radius 3 is 2.91 bits per heavy atom. The van der Waals surface area contributed by atoms with Crippen LogP contribution in [0.3, 0.4) is 0 Å². The lowest BCUT2D eigenvalue weighted by molar-refractivity contribution is 0.168. The lowest BCUT2D eigenvalue weighted by Crippen LogP contribution is -2.14. The molecule has 2 N–H and O–H groups in total. The molecule has 0 atom stereocenters. The summed E-state index contributed by atoms with van der Waals surface area (Å²) in [5.41, 5.74) is 2.59. The first-order valence-corrected chi connectivity index (χ1v) is 6.82. The predicted molar refractivity (Wildman–Crippen MR) is 82.3 cm³/mol. The summed E-state index contributed by atoms with van der Waals surface area (Å²) < 4.78 is 6.57. The highest BCUT2D eigenvalue weighted by atomic mass is 16.5. The van der Waals surface area contributed by atoms with E-state index in [-0.39, 0.29) is 6.61 Å². The van der Waals surface area contributed by atoms with Crippen LogP contribution in [0, 0.1) is 11.3 Å². The summed E-state index contributed by atoms with van der Waals surface area (Å²) in [7, 11) is 1.87. The summed E-state index contributed by atoms with van der Waals surface area (Å²) in [4.78, 5) is 11.4. The fraction of sp³-hybridized carbons (Fsp3) is 0.267. The maximum absolute atomic E-state index is 11.4. The van der Waals surface area contributed by atoms with Gasteiger partial charge in [0.25, 0.3) is 0 Å². The van der Waals surface area contributed by atoms with Gasteiger partial charge in [-0.1, -0.05) is 0 Å². The number of carbonyl (C=O) groups excluding carboxylic acids is 1. The first kappa shape index (κ1) is 15.4. The van der Waals surface area contributed by atoms with Crippen molar-refractivity contribution in [3.8, 4) is 6.07 Å². The van der Waals surface area contributed by atoms with E-state index in [0.29, 0.717) is 17.8 Å². The van der Waals surface area contributed by atoms with Gasteiger partial charge in [-0.3, -0.25) is 10.00 Å². The summed E-state index contributed by atoms with van der Waals surface area (Å²) in [5, 5.41) is 19.0. The number of carbonyl (C=O) groups is 1. The number of aromatic nitrogens is 2. The molecule has 0 spiro atoms. The van der Waals surface area contributed by atoms with Gasteiger partial charge in [0.2, 0.25) is 0 Å². The van der Waals surface area contributed by atoms with Crippen LogP contribution < -0.4 is 10.6 Å². The minimum atomic E-state index is -0.574. The van der Waals surface area contributed by atoms with Crippen LogP contribution in [0.15, 0.2) is 30.5 Å². The molecule has 1 heterocycles. The lowest BCUT2D eigenvalue weighted by Gasteiger charge is -2.10. The van der Waals surface area contributed by atoms with Crippen LogP contribution in [0.2, 0.25) is 0 Å². The third-order valence-corrected chi connectivity index (χ3v) is 3.05. The number of rotatable bonds is 5. The van der Waals surface area contributed by atoms with Gasteiger partial charge in [-0.05, 0) is 31.2 Å². The van der Waals surface area contributed by atoms with Crippen molar-refractivity contribution in [2.75, 3.05) is 17.2 Å². The van der Waals surface area contributed by atoms with Crippen LogP contribution in [0.1, 0.15) is 18.2 Å². The summed E-state index contributed by atoms with van der Waals surface area (Å²) in [5.74, 6) is 0. The van der Waals surface area contributed by atoms with Crippen LogP contribution in [-0.4, -0.2) is 22.5 Å². The summed E-state index contributed by atoms with van der Waals surface area (Å²) in [6.07, 6.45) is 1.15. The van der Waals surface area contributed by atoms with Crippen molar-refractivity contribution in [2.24, 2.45) is 7.05 Å². The van der Waals surface area contributed by atoms with Gasteiger partial charge >= 0.3 is 6.09 Å². The van der Waals surface area contributed by atoms with Gasteiger partial charge in [0, 0.05) is 18.9 Å². The van der Waals surface area contributed by atoms with E-state index in [4.69, 9.17) is 4.74 Å². The van der Waals surface area contributed by atoms with Gasteiger partial charge in [-0.15, -0.1) is 0 Å². The zero-order chi connectivity index (χ0) is 15.9. The molecule has 2 rings (SSSR count). The molecule has 22 heavy (non-hydrogen) atoms. The van der Waals surface area contributed by atoms with Crippen LogP contribution in [0.4, 0.5) is 16.2 Å². The van der Waals surface area contributed by atoms with Gasteiger partial charge in [0.15, 0.2) is 0 Å². The molecule has 7 nitrogen and oxygen atoms in total. The Morgan fingerprint density at radius 2 is 2.27 bits per heavy atom. The van der Waals surface area contributed by atoms with E-state index in [1.165, 1.54) is 0 Å². The van der Waals surface area contributed by atoms with E-state index in [1.54, 1.807) is 36.0 Å². The first-order valence-electron chi connectivity index (χ1n) is 6.82. The molecule has 0 saturated heterocycles. The molecule has 1 aromatic heterocycles. The second-order valence-electron chi connectivity index (χ2n) is 4.52. The molecule has 0 fully saturated rings. The normalized spacial score (nSPS) is 9.86. The number of nitrogens with one attached hydrogen (secondary N) is 2. The number of ether oxygens (including phenoxy) is 1. The smallest absolute Gasteiger partial charge is 0.411 e. The summed E-state index contributed by atoms with van der Waals surface area (Å²) in [6.45, 7) is 2.58. The van der Waals surface area contributed by atoms with Gasteiger partial charge < -0.3 is 10.1 Å². The second kappa shape index (κ2) is 7.13. The van der Waals surface area contributed by atoms with Crippen molar-refractivity contribution in [3.63, 3.8) is 0 Å². The quantitative estimate of drug-likeness (QED) is 0.884. The number of hydrogen-bond acceptors (Lipinski definition) is 5. The zero-order valence-electron chi connectivity index (χ0n) is 12.5. The van der Waals surface area contributed by atoms with E-state index in [0.717, 1.165) is 11.4 Å². The third-order valence-electron chi connectivity index (χ3n) is 3.05. The van der Waals surface area contributed by atoms with Gasteiger partial charge in [-0.2, -0.15) is 10.4 Å². The highest BCUT2D eigenvalue weighted by Crippen LogP contribution is 2.20. The number of aryl methyl sites for hydroxylation is 1. The minimum Gasteiger partial charge on any atom is -0.450 e.